The molecule has 0 bridgehead atoms. The summed E-state index contributed by atoms with van der Waals surface area (Å²) in [5.74, 6) is -1.84. The van der Waals surface area contributed by atoms with E-state index >= 15 is 0 Å². The van der Waals surface area contributed by atoms with Crippen LogP contribution in [-0.2, 0) is 4.79 Å². The molecule has 4 heteroatoms. The molecule has 1 unspecified atom stereocenters. The summed E-state index contributed by atoms with van der Waals surface area (Å²) in [5, 5.41) is 8.59. The average molecular weight is 238 g/mol. The molecule has 1 aromatic rings. The minimum absolute atomic E-state index is 0.0555. The Morgan fingerprint density at radius 3 is 2.59 bits per heavy atom. The van der Waals surface area contributed by atoms with E-state index in [-0.39, 0.29) is 24.5 Å². The molecule has 1 aromatic carbocycles. The summed E-state index contributed by atoms with van der Waals surface area (Å²) >= 11 is 0. The first kappa shape index (κ1) is 13.4. The van der Waals surface area contributed by atoms with Gasteiger partial charge in [-0.1, -0.05) is 13.0 Å². The molecule has 0 amide bonds. The van der Waals surface area contributed by atoms with E-state index in [2.05, 4.69) is 0 Å². The molecule has 0 saturated carbocycles. The SMILES string of the molecule is Cc1ccc(F)cc1C(=O)CC(C)CC(=O)O. The summed E-state index contributed by atoms with van der Waals surface area (Å²) < 4.78 is 13.0. The number of benzene rings is 1. The number of aliphatic carboxylic acids is 1. The van der Waals surface area contributed by atoms with Crippen LogP contribution in [0.1, 0.15) is 35.7 Å². The molecule has 0 aliphatic heterocycles. The van der Waals surface area contributed by atoms with E-state index in [1.165, 1.54) is 12.1 Å². The van der Waals surface area contributed by atoms with Gasteiger partial charge in [-0.3, -0.25) is 9.59 Å². The minimum atomic E-state index is -0.929. The maximum atomic E-state index is 13.0. The highest BCUT2D eigenvalue weighted by atomic mass is 19.1. The van der Waals surface area contributed by atoms with Gasteiger partial charge in [0.2, 0.25) is 0 Å². The lowest BCUT2D eigenvalue weighted by atomic mass is 9.95. The number of ketones is 1. The highest BCUT2D eigenvalue weighted by Crippen LogP contribution is 2.17. The van der Waals surface area contributed by atoms with Gasteiger partial charge in [0.25, 0.3) is 0 Å². The van der Waals surface area contributed by atoms with Gasteiger partial charge in [-0.15, -0.1) is 0 Å². The van der Waals surface area contributed by atoms with E-state index < -0.39 is 11.8 Å². The lowest BCUT2D eigenvalue weighted by Crippen LogP contribution is -2.11. The van der Waals surface area contributed by atoms with Crippen molar-refractivity contribution in [2.75, 3.05) is 0 Å². The van der Waals surface area contributed by atoms with Crippen molar-refractivity contribution in [3.05, 3.63) is 35.1 Å². The van der Waals surface area contributed by atoms with Crippen LogP contribution in [0.2, 0.25) is 0 Å². The van der Waals surface area contributed by atoms with E-state index in [0.29, 0.717) is 11.1 Å². The van der Waals surface area contributed by atoms with Crippen molar-refractivity contribution >= 4 is 11.8 Å². The Hall–Kier alpha value is -1.71. The zero-order valence-corrected chi connectivity index (χ0v) is 9.87. The maximum Gasteiger partial charge on any atom is 0.303 e. The van der Waals surface area contributed by atoms with Crippen LogP contribution in [0.4, 0.5) is 4.39 Å². The number of rotatable bonds is 5. The van der Waals surface area contributed by atoms with Crippen molar-refractivity contribution in [3.8, 4) is 0 Å². The number of hydrogen-bond acceptors (Lipinski definition) is 2. The number of carbonyl (C=O) groups excluding carboxylic acids is 1. The van der Waals surface area contributed by atoms with Crippen molar-refractivity contribution in [1.82, 2.24) is 0 Å². The predicted octanol–water partition coefficient (Wildman–Crippen LogP) is 2.82. The number of carboxylic acids is 1. The third-order valence-electron chi connectivity index (χ3n) is 2.56. The number of halogens is 1. The molecule has 0 aliphatic rings. The van der Waals surface area contributed by atoms with E-state index in [1.54, 1.807) is 19.9 Å². The van der Waals surface area contributed by atoms with Crippen LogP contribution < -0.4 is 0 Å². The lowest BCUT2D eigenvalue weighted by molar-refractivity contribution is -0.137. The minimum Gasteiger partial charge on any atom is -0.481 e. The average Bonchev–Trinajstić information content (AvgIpc) is 2.20. The fourth-order valence-corrected chi connectivity index (χ4v) is 1.69. The number of Topliss-reactive ketones (excluding diaryl/α,β-unsaturated/α-hetero) is 1. The highest BCUT2D eigenvalue weighted by molar-refractivity contribution is 5.97. The highest BCUT2D eigenvalue weighted by Gasteiger charge is 2.16. The van der Waals surface area contributed by atoms with Crippen LogP contribution in [-0.4, -0.2) is 16.9 Å². The molecule has 0 saturated heterocycles. The molecule has 0 radical (unpaired) electrons. The van der Waals surface area contributed by atoms with Crippen LogP contribution in [0.3, 0.4) is 0 Å². The number of carbonyl (C=O) groups is 2. The van der Waals surface area contributed by atoms with Crippen molar-refractivity contribution < 1.29 is 19.1 Å². The summed E-state index contributed by atoms with van der Waals surface area (Å²) in [5.41, 5.74) is 1.04. The van der Waals surface area contributed by atoms with Gasteiger partial charge in [0.1, 0.15) is 5.82 Å². The third-order valence-corrected chi connectivity index (χ3v) is 2.56. The summed E-state index contributed by atoms with van der Waals surface area (Å²) in [6, 6.07) is 4.04. The Labute approximate surface area is 99.3 Å². The molecule has 0 heterocycles. The second kappa shape index (κ2) is 5.57. The molecule has 0 aromatic heterocycles. The third kappa shape index (κ3) is 3.98. The molecule has 92 valence electrons. The Kier molecular flexibility index (Phi) is 4.37. The van der Waals surface area contributed by atoms with Crippen molar-refractivity contribution in [2.24, 2.45) is 5.92 Å². The van der Waals surface area contributed by atoms with Gasteiger partial charge in [0.15, 0.2) is 5.78 Å². The monoisotopic (exact) mass is 238 g/mol. The molecule has 0 fully saturated rings. The van der Waals surface area contributed by atoms with Crippen LogP contribution in [0.15, 0.2) is 18.2 Å². The molecule has 0 aliphatic carbocycles. The lowest BCUT2D eigenvalue weighted by Gasteiger charge is -2.09. The van der Waals surface area contributed by atoms with Crippen LogP contribution in [0, 0.1) is 18.7 Å². The second-order valence-corrected chi connectivity index (χ2v) is 4.29. The standard InChI is InChI=1S/C13H15FO3/c1-8(6-13(16)17)5-12(15)11-7-10(14)4-3-9(11)2/h3-4,7-8H,5-6H2,1-2H3,(H,16,17). The Bertz CT molecular complexity index is 440. The quantitative estimate of drug-likeness (QED) is 0.802. The zero-order valence-electron chi connectivity index (χ0n) is 9.87. The molecular formula is C13H15FO3. The first-order valence-corrected chi connectivity index (χ1v) is 5.41. The maximum absolute atomic E-state index is 13.0. The molecule has 17 heavy (non-hydrogen) atoms. The van der Waals surface area contributed by atoms with Gasteiger partial charge in [-0.25, -0.2) is 4.39 Å². The summed E-state index contributed by atoms with van der Waals surface area (Å²) in [7, 11) is 0. The smallest absolute Gasteiger partial charge is 0.303 e. The number of aryl methyl sites for hydroxylation is 1. The molecular weight excluding hydrogens is 223 g/mol. The largest absolute Gasteiger partial charge is 0.481 e. The van der Waals surface area contributed by atoms with Gasteiger partial charge in [0.05, 0.1) is 0 Å². The van der Waals surface area contributed by atoms with Crippen molar-refractivity contribution in [1.29, 1.82) is 0 Å². The van der Waals surface area contributed by atoms with Gasteiger partial charge in [-0.05, 0) is 30.5 Å². The van der Waals surface area contributed by atoms with E-state index in [9.17, 15) is 14.0 Å². The summed E-state index contributed by atoms with van der Waals surface area (Å²) in [6.07, 6.45) is 0.0662. The van der Waals surface area contributed by atoms with Crippen LogP contribution >= 0.6 is 0 Å². The van der Waals surface area contributed by atoms with E-state index in [4.69, 9.17) is 5.11 Å². The zero-order chi connectivity index (χ0) is 13.0. The van der Waals surface area contributed by atoms with Crippen molar-refractivity contribution in [3.63, 3.8) is 0 Å². The topological polar surface area (TPSA) is 54.4 Å². The Morgan fingerprint density at radius 1 is 1.35 bits per heavy atom. The molecule has 1 N–H and O–H groups in total. The number of hydrogen-bond donors (Lipinski definition) is 1. The fraction of sp³-hybridized carbons (Fsp3) is 0.385. The molecule has 1 rings (SSSR count). The molecule has 3 nitrogen and oxygen atoms in total. The first-order valence-electron chi connectivity index (χ1n) is 5.41. The van der Waals surface area contributed by atoms with Gasteiger partial charge < -0.3 is 5.11 Å². The normalized spacial score (nSPS) is 12.2. The van der Waals surface area contributed by atoms with Crippen LogP contribution in [0.25, 0.3) is 0 Å². The fourth-order valence-electron chi connectivity index (χ4n) is 1.69. The second-order valence-electron chi connectivity index (χ2n) is 4.29. The Morgan fingerprint density at radius 2 is 2.00 bits per heavy atom. The Balaban J connectivity index is 2.76. The predicted molar refractivity (Wildman–Crippen MR) is 61.5 cm³/mol. The van der Waals surface area contributed by atoms with Gasteiger partial charge in [-0.2, -0.15) is 0 Å². The molecule has 1 atom stereocenters. The summed E-state index contributed by atoms with van der Waals surface area (Å²) in [6.45, 7) is 3.43. The summed E-state index contributed by atoms with van der Waals surface area (Å²) in [4.78, 5) is 22.3. The number of carboxylic acid groups (broad SMARTS) is 1. The molecule has 0 spiro atoms. The van der Waals surface area contributed by atoms with E-state index in [1.807, 2.05) is 0 Å². The first-order chi connectivity index (χ1) is 7.90. The van der Waals surface area contributed by atoms with Crippen molar-refractivity contribution in [2.45, 2.75) is 26.7 Å². The van der Waals surface area contributed by atoms with Crippen LogP contribution in [0.5, 0.6) is 0 Å². The van der Waals surface area contributed by atoms with Gasteiger partial charge in [0, 0.05) is 18.4 Å². The van der Waals surface area contributed by atoms with E-state index in [0.717, 1.165) is 0 Å². The van der Waals surface area contributed by atoms with Gasteiger partial charge >= 0.3 is 5.97 Å².